The first kappa shape index (κ1) is 14.7. The zero-order chi connectivity index (χ0) is 15.4. The van der Waals surface area contributed by atoms with Crippen molar-refractivity contribution in [3.05, 3.63) is 48.0 Å². The van der Waals surface area contributed by atoms with Gasteiger partial charge in [0.15, 0.2) is 11.5 Å². The van der Waals surface area contributed by atoms with Gasteiger partial charge in [-0.25, -0.2) is 0 Å². The van der Waals surface area contributed by atoms with E-state index in [2.05, 4.69) is 0 Å². The van der Waals surface area contributed by atoms with Gasteiger partial charge in [0.1, 0.15) is 5.75 Å². The van der Waals surface area contributed by atoms with Gasteiger partial charge in [-0.15, -0.1) is 0 Å². The Labute approximate surface area is 123 Å². The van der Waals surface area contributed by atoms with Crippen LogP contribution in [0.3, 0.4) is 0 Å². The van der Waals surface area contributed by atoms with Gasteiger partial charge < -0.3 is 19.5 Å². The monoisotopic (exact) mass is 287 g/mol. The minimum atomic E-state index is -0.224. The second kappa shape index (κ2) is 6.17. The molecule has 0 aliphatic heterocycles. The summed E-state index contributed by atoms with van der Waals surface area (Å²) in [5.41, 5.74) is 1.11. The first-order valence-electron chi connectivity index (χ1n) is 6.36. The van der Waals surface area contributed by atoms with Gasteiger partial charge in [-0.3, -0.25) is 4.79 Å². The molecule has 0 atom stereocenters. The SMILES string of the molecule is COc1ccc(N(C)C(=O)c2ccc(OC)c(O)c2)cc1. The van der Waals surface area contributed by atoms with Crippen LogP contribution in [0.15, 0.2) is 42.5 Å². The van der Waals surface area contributed by atoms with Gasteiger partial charge in [0.25, 0.3) is 5.91 Å². The lowest BCUT2D eigenvalue weighted by molar-refractivity contribution is 0.0992. The molecule has 21 heavy (non-hydrogen) atoms. The summed E-state index contributed by atoms with van der Waals surface area (Å²) in [6.07, 6.45) is 0. The minimum absolute atomic E-state index is 0.0634. The molecule has 0 radical (unpaired) electrons. The van der Waals surface area contributed by atoms with E-state index in [0.29, 0.717) is 11.3 Å². The maximum atomic E-state index is 12.4. The fraction of sp³-hybridized carbons (Fsp3) is 0.188. The summed E-state index contributed by atoms with van der Waals surface area (Å²) in [5, 5.41) is 9.75. The second-order valence-corrected chi connectivity index (χ2v) is 4.45. The summed E-state index contributed by atoms with van der Waals surface area (Å²) < 4.78 is 10.0. The number of hydrogen-bond acceptors (Lipinski definition) is 4. The Kier molecular flexibility index (Phi) is 4.33. The second-order valence-electron chi connectivity index (χ2n) is 4.45. The van der Waals surface area contributed by atoms with Crippen LogP contribution in [0, 0.1) is 0 Å². The van der Waals surface area contributed by atoms with Crippen LogP contribution in [0.1, 0.15) is 10.4 Å². The molecule has 110 valence electrons. The molecule has 1 N–H and O–H groups in total. The zero-order valence-corrected chi connectivity index (χ0v) is 12.2. The molecule has 0 aliphatic rings. The Morgan fingerprint density at radius 1 is 1.05 bits per heavy atom. The van der Waals surface area contributed by atoms with Crippen molar-refractivity contribution >= 4 is 11.6 Å². The number of benzene rings is 2. The predicted molar refractivity (Wildman–Crippen MR) is 80.4 cm³/mol. The highest BCUT2D eigenvalue weighted by molar-refractivity contribution is 6.06. The van der Waals surface area contributed by atoms with Gasteiger partial charge in [-0.2, -0.15) is 0 Å². The molecule has 0 unspecified atom stereocenters. The molecule has 2 rings (SSSR count). The van der Waals surface area contributed by atoms with Crippen molar-refractivity contribution in [3.8, 4) is 17.2 Å². The number of hydrogen-bond donors (Lipinski definition) is 1. The first-order chi connectivity index (χ1) is 10.1. The fourth-order valence-electron chi connectivity index (χ4n) is 1.94. The van der Waals surface area contributed by atoms with Crippen LogP contribution in [0.4, 0.5) is 5.69 Å². The van der Waals surface area contributed by atoms with Crippen LogP contribution in [0.2, 0.25) is 0 Å². The Morgan fingerprint density at radius 3 is 2.24 bits per heavy atom. The third kappa shape index (κ3) is 3.08. The van der Waals surface area contributed by atoms with E-state index in [4.69, 9.17) is 9.47 Å². The van der Waals surface area contributed by atoms with E-state index < -0.39 is 0 Å². The van der Waals surface area contributed by atoms with Crippen LogP contribution in [0.5, 0.6) is 17.2 Å². The number of rotatable bonds is 4. The fourth-order valence-corrected chi connectivity index (χ4v) is 1.94. The van der Waals surface area contributed by atoms with E-state index in [1.54, 1.807) is 50.6 Å². The third-order valence-electron chi connectivity index (χ3n) is 3.19. The highest BCUT2D eigenvalue weighted by Gasteiger charge is 2.15. The number of phenolic OH excluding ortho intramolecular Hbond substituents is 1. The minimum Gasteiger partial charge on any atom is -0.504 e. The van der Waals surface area contributed by atoms with Gasteiger partial charge >= 0.3 is 0 Å². The molecular weight excluding hydrogens is 270 g/mol. The van der Waals surface area contributed by atoms with Gasteiger partial charge in [-0.05, 0) is 42.5 Å². The highest BCUT2D eigenvalue weighted by atomic mass is 16.5. The van der Waals surface area contributed by atoms with E-state index in [-0.39, 0.29) is 11.7 Å². The number of carbonyl (C=O) groups excluding carboxylic acids is 1. The quantitative estimate of drug-likeness (QED) is 0.939. The number of nitrogens with zero attached hydrogens (tertiary/aromatic N) is 1. The molecule has 2 aromatic rings. The van der Waals surface area contributed by atoms with Crippen LogP contribution in [-0.4, -0.2) is 32.3 Å². The molecule has 0 aromatic heterocycles. The largest absolute Gasteiger partial charge is 0.504 e. The summed E-state index contributed by atoms with van der Waals surface area (Å²) in [5.74, 6) is 0.768. The molecule has 0 bridgehead atoms. The third-order valence-corrected chi connectivity index (χ3v) is 3.19. The van der Waals surface area contributed by atoms with Crippen LogP contribution in [-0.2, 0) is 0 Å². The predicted octanol–water partition coefficient (Wildman–Crippen LogP) is 2.69. The number of carbonyl (C=O) groups is 1. The Bertz CT molecular complexity index is 637. The lowest BCUT2D eigenvalue weighted by Crippen LogP contribution is -2.26. The summed E-state index contributed by atoms with van der Waals surface area (Å²) in [6, 6.07) is 11.7. The summed E-state index contributed by atoms with van der Waals surface area (Å²) in [7, 11) is 4.72. The van der Waals surface area contributed by atoms with E-state index >= 15 is 0 Å². The topological polar surface area (TPSA) is 59.0 Å². The zero-order valence-electron chi connectivity index (χ0n) is 12.2. The van der Waals surface area contributed by atoms with Crippen LogP contribution >= 0.6 is 0 Å². The average molecular weight is 287 g/mol. The Balaban J connectivity index is 2.23. The molecule has 0 heterocycles. The summed E-state index contributed by atoms with van der Waals surface area (Å²) >= 11 is 0. The van der Waals surface area contributed by atoms with Crippen LogP contribution < -0.4 is 14.4 Å². The molecule has 2 aromatic carbocycles. The maximum Gasteiger partial charge on any atom is 0.258 e. The van der Waals surface area contributed by atoms with E-state index in [1.807, 2.05) is 0 Å². The molecule has 0 saturated carbocycles. The van der Waals surface area contributed by atoms with Crippen molar-refractivity contribution in [2.75, 3.05) is 26.2 Å². The van der Waals surface area contributed by atoms with Crippen molar-refractivity contribution in [2.45, 2.75) is 0 Å². The molecule has 0 fully saturated rings. The number of methoxy groups -OCH3 is 2. The Morgan fingerprint density at radius 2 is 1.71 bits per heavy atom. The van der Waals surface area contributed by atoms with Gasteiger partial charge in [0.2, 0.25) is 0 Å². The van der Waals surface area contributed by atoms with Crippen molar-refractivity contribution in [2.24, 2.45) is 0 Å². The normalized spacial score (nSPS) is 10.0. The molecule has 5 heteroatoms. The van der Waals surface area contributed by atoms with Crippen molar-refractivity contribution < 1.29 is 19.4 Å². The molecular formula is C16H17NO4. The van der Waals surface area contributed by atoms with Gasteiger partial charge in [-0.1, -0.05) is 0 Å². The van der Waals surface area contributed by atoms with Gasteiger partial charge in [0, 0.05) is 18.3 Å². The molecule has 0 spiro atoms. The standard InChI is InChI=1S/C16H17NO4/c1-17(12-5-7-13(20-2)8-6-12)16(19)11-4-9-15(21-3)14(18)10-11/h4-10,18H,1-3H3. The highest BCUT2D eigenvalue weighted by Crippen LogP contribution is 2.27. The summed E-state index contributed by atoms with van der Waals surface area (Å²) in [6.45, 7) is 0. The number of anilines is 1. The Hall–Kier alpha value is -2.69. The molecule has 0 aliphatic carbocycles. The average Bonchev–Trinajstić information content (AvgIpc) is 2.53. The number of aromatic hydroxyl groups is 1. The lowest BCUT2D eigenvalue weighted by atomic mass is 10.1. The molecule has 1 amide bonds. The maximum absolute atomic E-state index is 12.4. The summed E-state index contributed by atoms with van der Waals surface area (Å²) in [4.78, 5) is 13.9. The van der Waals surface area contributed by atoms with Crippen molar-refractivity contribution in [1.82, 2.24) is 0 Å². The van der Waals surface area contributed by atoms with Crippen molar-refractivity contribution in [3.63, 3.8) is 0 Å². The number of phenols is 1. The van der Waals surface area contributed by atoms with Gasteiger partial charge in [0.05, 0.1) is 14.2 Å². The first-order valence-corrected chi connectivity index (χ1v) is 6.36. The number of ether oxygens (including phenoxy) is 2. The molecule has 5 nitrogen and oxygen atoms in total. The van der Waals surface area contributed by atoms with E-state index in [9.17, 15) is 9.90 Å². The van der Waals surface area contributed by atoms with Crippen molar-refractivity contribution in [1.29, 1.82) is 0 Å². The smallest absolute Gasteiger partial charge is 0.258 e. The lowest BCUT2D eigenvalue weighted by Gasteiger charge is -2.18. The van der Waals surface area contributed by atoms with Crippen LogP contribution in [0.25, 0.3) is 0 Å². The molecule has 0 saturated heterocycles. The number of amides is 1. The van der Waals surface area contributed by atoms with E-state index in [0.717, 1.165) is 11.4 Å². The van der Waals surface area contributed by atoms with E-state index in [1.165, 1.54) is 18.1 Å².